The van der Waals surface area contributed by atoms with Crippen LogP contribution >= 0.6 is 0 Å². The maximum absolute atomic E-state index is 13.8. The molecule has 0 aliphatic carbocycles. The summed E-state index contributed by atoms with van der Waals surface area (Å²) in [6.07, 6.45) is 0.456. The molecule has 2 aromatic rings. The molecule has 0 aromatic heterocycles. The molecule has 5 nitrogen and oxygen atoms in total. The van der Waals surface area contributed by atoms with E-state index in [4.69, 9.17) is 0 Å². The molecule has 1 aliphatic rings. The Hall–Kier alpha value is -2.25. The standard InChI is InChI=1S/C19H21FN2O3S/c20-18-9-5-4-8-17(18)19(23)21-11-13-22(14-12-21)26(24,25)15-10-16-6-2-1-3-7-16/h1-9H,10-15H2. The van der Waals surface area contributed by atoms with Gasteiger partial charge in [0, 0.05) is 26.2 Å². The van der Waals surface area contributed by atoms with Gasteiger partial charge in [0.15, 0.2) is 0 Å². The van der Waals surface area contributed by atoms with Crippen molar-refractivity contribution in [2.75, 3.05) is 31.9 Å². The first-order chi connectivity index (χ1) is 12.5. The van der Waals surface area contributed by atoms with Crippen molar-refractivity contribution < 1.29 is 17.6 Å². The van der Waals surface area contributed by atoms with Gasteiger partial charge in [-0.2, -0.15) is 4.31 Å². The van der Waals surface area contributed by atoms with Crippen molar-refractivity contribution in [2.24, 2.45) is 0 Å². The fraction of sp³-hybridized carbons (Fsp3) is 0.316. The number of hydrogen-bond acceptors (Lipinski definition) is 3. The zero-order chi connectivity index (χ0) is 18.6. The number of amides is 1. The van der Waals surface area contributed by atoms with Crippen LogP contribution in [0.3, 0.4) is 0 Å². The average molecular weight is 376 g/mol. The Balaban J connectivity index is 1.57. The van der Waals surface area contributed by atoms with Crippen molar-refractivity contribution in [3.63, 3.8) is 0 Å². The number of hydrogen-bond donors (Lipinski definition) is 0. The molecule has 0 N–H and O–H groups in total. The second-order valence-electron chi connectivity index (χ2n) is 6.22. The summed E-state index contributed by atoms with van der Waals surface area (Å²) in [5.41, 5.74) is 0.998. The van der Waals surface area contributed by atoms with Crippen LogP contribution in [0.2, 0.25) is 0 Å². The Morgan fingerprint density at radius 1 is 0.923 bits per heavy atom. The summed E-state index contributed by atoms with van der Waals surface area (Å²) in [4.78, 5) is 13.9. The van der Waals surface area contributed by atoms with Crippen LogP contribution in [0.15, 0.2) is 54.6 Å². The summed E-state index contributed by atoms with van der Waals surface area (Å²) < 4.78 is 40.2. The molecule has 2 aromatic carbocycles. The van der Waals surface area contributed by atoms with Crippen molar-refractivity contribution in [3.05, 3.63) is 71.5 Å². The molecular formula is C19H21FN2O3S. The molecule has 1 aliphatic heterocycles. The summed E-state index contributed by atoms with van der Waals surface area (Å²) in [5, 5.41) is 0. The lowest BCUT2D eigenvalue weighted by Crippen LogP contribution is -2.51. The number of carbonyl (C=O) groups is 1. The molecule has 138 valence electrons. The summed E-state index contributed by atoms with van der Waals surface area (Å²) in [5.74, 6) is -0.919. The quantitative estimate of drug-likeness (QED) is 0.804. The molecule has 1 saturated heterocycles. The monoisotopic (exact) mass is 376 g/mol. The predicted molar refractivity (Wildman–Crippen MR) is 97.8 cm³/mol. The van der Waals surface area contributed by atoms with Gasteiger partial charge in [-0.05, 0) is 24.1 Å². The Morgan fingerprint density at radius 3 is 2.19 bits per heavy atom. The van der Waals surface area contributed by atoms with E-state index in [1.807, 2.05) is 30.3 Å². The Bertz CT molecular complexity index is 863. The SMILES string of the molecule is O=C(c1ccccc1F)N1CCN(S(=O)(=O)CCc2ccccc2)CC1. The first kappa shape index (κ1) is 18.5. The normalized spacial score (nSPS) is 15.8. The van der Waals surface area contributed by atoms with Crippen LogP contribution < -0.4 is 0 Å². The zero-order valence-electron chi connectivity index (χ0n) is 14.3. The third-order valence-electron chi connectivity index (χ3n) is 4.52. The van der Waals surface area contributed by atoms with E-state index in [1.165, 1.54) is 27.4 Å². The number of aryl methyl sites for hydroxylation is 1. The highest BCUT2D eigenvalue weighted by atomic mass is 32.2. The summed E-state index contributed by atoms with van der Waals surface area (Å²) in [6, 6.07) is 15.3. The van der Waals surface area contributed by atoms with Gasteiger partial charge in [0.2, 0.25) is 10.0 Å². The lowest BCUT2D eigenvalue weighted by molar-refractivity contribution is 0.0693. The van der Waals surface area contributed by atoms with Crippen LogP contribution in [-0.2, 0) is 16.4 Å². The van der Waals surface area contributed by atoms with E-state index < -0.39 is 21.7 Å². The molecule has 1 amide bonds. The second kappa shape index (κ2) is 7.97. The molecule has 0 saturated carbocycles. The van der Waals surface area contributed by atoms with Gasteiger partial charge >= 0.3 is 0 Å². The van der Waals surface area contributed by atoms with Crippen molar-refractivity contribution in [2.45, 2.75) is 6.42 Å². The van der Waals surface area contributed by atoms with E-state index in [-0.39, 0.29) is 37.5 Å². The molecule has 0 unspecified atom stereocenters. The highest BCUT2D eigenvalue weighted by Gasteiger charge is 2.29. The van der Waals surface area contributed by atoms with E-state index in [2.05, 4.69) is 0 Å². The number of nitrogens with zero attached hydrogens (tertiary/aromatic N) is 2. The third kappa shape index (κ3) is 4.28. The predicted octanol–water partition coefficient (Wildman–Crippen LogP) is 2.16. The topological polar surface area (TPSA) is 57.7 Å². The summed E-state index contributed by atoms with van der Waals surface area (Å²) in [6.45, 7) is 0.990. The first-order valence-corrected chi connectivity index (χ1v) is 10.1. The van der Waals surface area contributed by atoms with Crippen LogP contribution in [0.25, 0.3) is 0 Å². The van der Waals surface area contributed by atoms with E-state index >= 15 is 0 Å². The number of piperazine rings is 1. The molecule has 1 fully saturated rings. The maximum atomic E-state index is 13.8. The van der Waals surface area contributed by atoms with Crippen molar-refractivity contribution in [3.8, 4) is 0 Å². The smallest absolute Gasteiger partial charge is 0.256 e. The Kier molecular flexibility index (Phi) is 5.68. The van der Waals surface area contributed by atoms with E-state index in [1.54, 1.807) is 6.07 Å². The number of sulfonamides is 1. The molecule has 7 heteroatoms. The molecule has 0 spiro atoms. The van der Waals surface area contributed by atoms with Gasteiger partial charge in [-0.3, -0.25) is 4.79 Å². The largest absolute Gasteiger partial charge is 0.336 e. The molecule has 26 heavy (non-hydrogen) atoms. The summed E-state index contributed by atoms with van der Waals surface area (Å²) >= 11 is 0. The third-order valence-corrected chi connectivity index (χ3v) is 6.39. The van der Waals surface area contributed by atoms with Gasteiger partial charge in [0.05, 0.1) is 11.3 Å². The van der Waals surface area contributed by atoms with Crippen LogP contribution in [0.1, 0.15) is 15.9 Å². The van der Waals surface area contributed by atoms with Gasteiger partial charge in [-0.1, -0.05) is 42.5 Å². The minimum Gasteiger partial charge on any atom is -0.336 e. The van der Waals surface area contributed by atoms with Gasteiger partial charge in [-0.25, -0.2) is 12.8 Å². The minimum absolute atomic E-state index is 0.0212. The highest BCUT2D eigenvalue weighted by Crippen LogP contribution is 2.15. The fourth-order valence-electron chi connectivity index (χ4n) is 2.99. The lowest BCUT2D eigenvalue weighted by Gasteiger charge is -2.34. The Morgan fingerprint density at radius 2 is 1.54 bits per heavy atom. The Labute approximate surface area is 153 Å². The van der Waals surface area contributed by atoms with E-state index in [0.717, 1.165) is 5.56 Å². The fourth-order valence-corrected chi connectivity index (χ4v) is 4.47. The number of rotatable bonds is 5. The number of benzene rings is 2. The van der Waals surface area contributed by atoms with Gasteiger partial charge in [0.25, 0.3) is 5.91 Å². The molecule has 0 bridgehead atoms. The molecule has 0 radical (unpaired) electrons. The lowest BCUT2D eigenvalue weighted by atomic mass is 10.1. The van der Waals surface area contributed by atoms with Crippen molar-refractivity contribution >= 4 is 15.9 Å². The van der Waals surface area contributed by atoms with Gasteiger partial charge in [0.1, 0.15) is 5.82 Å². The van der Waals surface area contributed by atoms with E-state index in [0.29, 0.717) is 6.42 Å². The van der Waals surface area contributed by atoms with Crippen LogP contribution in [-0.4, -0.2) is 55.5 Å². The van der Waals surface area contributed by atoms with Crippen LogP contribution in [0.4, 0.5) is 4.39 Å². The number of halogens is 1. The average Bonchev–Trinajstić information content (AvgIpc) is 2.67. The van der Waals surface area contributed by atoms with Gasteiger partial charge in [-0.15, -0.1) is 0 Å². The van der Waals surface area contributed by atoms with Crippen molar-refractivity contribution in [1.82, 2.24) is 9.21 Å². The molecule has 3 rings (SSSR count). The minimum atomic E-state index is -3.38. The maximum Gasteiger partial charge on any atom is 0.256 e. The second-order valence-corrected chi connectivity index (χ2v) is 8.31. The number of carbonyl (C=O) groups excluding carboxylic acids is 1. The highest BCUT2D eigenvalue weighted by molar-refractivity contribution is 7.89. The van der Waals surface area contributed by atoms with Gasteiger partial charge < -0.3 is 4.90 Å². The van der Waals surface area contributed by atoms with Crippen LogP contribution in [0, 0.1) is 5.82 Å². The van der Waals surface area contributed by atoms with Crippen LogP contribution in [0.5, 0.6) is 0 Å². The molecular weight excluding hydrogens is 355 g/mol. The molecule has 1 heterocycles. The molecule has 0 atom stereocenters. The zero-order valence-corrected chi connectivity index (χ0v) is 15.2. The van der Waals surface area contributed by atoms with Crippen molar-refractivity contribution in [1.29, 1.82) is 0 Å². The summed E-state index contributed by atoms with van der Waals surface area (Å²) in [7, 11) is -3.38. The first-order valence-electron chi connectivity index (χ1n) is 8.53. The van der Waals surface area contributed by atoms with E-state index in [9.17, 15) is 17.6 Å².